The number of alkyl carbamates (subject to hydrolysis) is 1. The summed E-state index contributed by atoms with van der Waals surface area (Å²) in [5.41, 5.74) is 0.917. The van der Waals surface area contributed by atoms with Crippen LogP contribution < -0.4 is 5.32 Å². The number of carboxylic acid groups (broad SMARTS) is 1. The molecule has 6 nitrogen and oxygen atoms in total. The van der Waals surface area contributed by atoms with Crippen molar-refractivity contribution in [3.8, 4) is 0 Å². The quantitative estimate of drug-likeness (QED) is 0.767. The highest BCUT2D eigenvalue weighted by Gasteiger charge is 2.05. The van der Waals surface area contributed by atoms with Gasteiger partial charge in [0.2, 0.25) is 0 Å². The van der Waals surface area contributed by atoms with Gasteiger partial charge >= 0.3 is 12.1 Å². The smallest absolute Gasteiger partial charge is 0.407 e. The van der Waals surface area contributed by atoms with Crippen LogP contribution in [0.1, 0.15) is 5.56 Å². The molecule has 0 aliphatic rings. The van der Waals surface area contributed by atoms with E-state index in [0.29, 0.717) is 13.1 Å². The Morgan fingerprint density at radius 3 is 2.63 bits per heavy atom. The fraction of sp³-hybridized carbons (Fsp3) is 0.385. The third kappa shape index (κ3) is 7.05. The van der Waals surface area contributed by atoms with Crippen molar-refractivity contribution in [2.24, 2.45) is 0 Å². The number of amides is 1. The lowest BCUT2D eigenvalue weighted by Gasteiger charge is -2.14. The van der Waals surface area contributed by atoms with E-state index in [1.165, 1.54) is 0 Å². The number of benzene rings is 1. The van der Waals surface area contributed by atoms with Crippen LogP contribution in [0.4, 0.5) is 4.79 Å². The molecule has 1 aromatic rings. The lowest BCUT2D eigenvalue weighted by atomic mass is 10.2. The molecule has 104 valence electrons. The summed E-state index contributed by atoms with van der Waals surface area (Å²) in [6.07, 6.45) is -0.507. The van der Waals surface area contributed by atoms with E-state index in [2.05, 4.69) is 5.32 Å². The number of hydrogen-bond donors (Lipinski definition) is 2. The number of carbonyl (C=O) groups is 2. The average molecular weight is 266 g/mol. The molecule has 0 fully saturated rings. The van der Waals surface area contributed by atoms with Crippen LogP contribution in [-0.4, -0.2) is 48.8 Å². The minimum Gasteiger partial charge on any atom is -0.480 e. The zero-order valence-electron chi connectivity index (χ0n) is 10.8. The van der Waals surface area contributed by atoms with Gasteiger partial charge in [0, 0.05) is 13.1 Å². The van der Waals surface area contributed by atoms with Gasteiger partial charge in [0.25, 0.3) is 0 Å². The SMILES string of the molecule is CN(CCNC(=O)OCc1ccccc1)CC(=O)O. The predicted molar refractivity (Wildman–Crippen MR) is 69.8 cm³/mol. The van der Waals surface area contributed by atoms with Gasteiger partial charge in [0.05, 0.1) is 6.54 Å². The number of carboxylic acids is 1. The second-order valence-electron chi connectivity index (χ2n) is 4.12. The summed E-state index contributed by atoms with van der Waals surface area (Å²) in [5.74, 6) is -0.894. The van der Waals surface area contributed by atoms with E-state index in [-0.39, 0.29) is 13.2 Å². The standard InChI is InChI=1S/C13H18N2O4/c1-15(9-12(16)17)8-7-14-13(18)19-10-11-5-3-2-4-6-11/h2-6H,7-10H2,1H3,(H,14,18)(H,16,17). The molecule has 0 saturated carbocycles. The third-order valence-electron chi connectivity index (χ3n) is 2.38. The van der Waals surface area contributed by atoms with Crippen LogP contribution in [0, 0.1) is 0 Å². The van der Waals surface area contributed by atoms with Crippen molar-refractivity contribution in [3.63, 3.8) is 0 Å². The Labute approximate surface area is 112 Å². The number of hydrogen-bond acceptors (Lipinski definition) is 4. The summed E-state index contributed by atoms with van der Waals surface area (Å²) < 4.78 is 5.01. The Bertz CT molecular complexity index is 408. The van der Waals surface area contributed by atoms with E-state index in [4.69, 9.17) is 9.84 Å². The lowest BCUT2D eigenvalue weighted by molar-refractivity contribution is -0.137. The number of likely N-dealkylation sites (N-methyl/N-ethyl adjacent to an activating group) is 1. The van der Waals surface area contributed by atoms with E-state index in [0.717, 1.165) is 5.56 Å². The minimum absolute atomic E-state index is 0.0548. The van der Waals surface area contributed by atoms with Gasteiger partial charge in [-0.05, 0) is 12.6 Å². The van der Waals surface area contributed by atoms with Crippen LogP contribution in [0.2, 0.25) is 0 Å². The van der Waals surface area contributed by atoms with E-state index in [9.17, 15) is 9.59 Å². The minimum atomic E-state index is -0.894. The Balaban J connectivity index is 2.13. The number of nitrogens with zero attached hydrogens (tertiary/aromatic N) is 1. The highest BCUT2D eigenvalue weighted by atomic mass is 16.5. The molecule has 0 radical (unpaired) electrons. The second-order valence-corrected chi connectivity index (χ2v) is 4.12. The van der Waals surface area contributed by atoms with Crippen LogP contribution in [0.5, 0.6) is 0 Å². The van der Waals surface area contributed by atoms with Gasteiger partial charge in [-0.25, -0.2) is 4.79 Å². The molecular formula is C13H18N2O4. The van der Waals surface area contributed by atoms with Crippen molar-refractivity contribution >= 4 is 12.1 Å². The van der Waals surface area contributed by atoms with Gasteiger partial charge < -0.3 is 15.2 Å². The molecule has 2 N–H and O–H groups in total. The zero-order valence-corrected chi connectivity index (χ0v) is 10.8. The van der Waals surface area contributed by atoms with Crippen molar-refractivity contribution in [1.29, 1.82) is 0 Å². The fourth-order valence-electron chi connectivity index (χ4n) is 1.43. The summed E-state index contributed by atoms with van der Waals surface area (Å²) in [6.45, 7) is 0.961. The molecule has 0 heterocycles. The van der Waals surface area contributed by atoms with Crippen LogP contribution in [0.15, 0.2) is 30.3 Å². The number of rotatable bonds is 7. The van der Waals surface area contributed by atoms with Crippen LogP contribution in [0.3, 0.4) is 0 Å². The number of nitrogens with one attached hydrogen (secondary N) is 1. The van der Waals surface area contributed by atoms with E-state index >= 15 is 0 Å². The molecule has 1 amide bonds. The molecule has 0 aliphatic heterocycles. The highest BCUT2D eigenvalue weighted by Crippen LogP contribution is 2.00. The summed E-state index contributed by atoms with van der Waals surface area (Å²) >= 11 is 0. The van der Waals surface area contributed by atoms with E-state index in [1.54, 1.807) is 11.9 Å². The summed E-state index contributed by atoms with van der Waals surface area (Å²) in [6, 6.07) is 9.37. The van der Waals surface area contributed by atoms with Crippen LogP contribution in [-0.2, 0) is 16.1 Å². The van der Waals surface area contributed by atoms with Gasteiger partial charge in [-0.1, -0.05) is 30.3 Å². The molecule has 1 rings (SSSR count). The van der Waals surface area contributed by atoms with E-state index < -0.39 is 12.1 Å². The molecule has 0 aliphatic carbocycles. The molecule has 1 aromatic carbocycles. The molecule has 0 bridgehead atoms. The first-order chi connectivity index (χ1) is 9.08. The zero-order chi connectivity index (χ0) is 14.1. The average Bonchev–Trinajstić information content (AvgIpc) is 2.36. The number of ether oxygens (including phenoxy) is 1. The third-order valence-corrected chi connectivity index (χ3v) is 2.38. The second kappa shape index (κ2) is 8.10. The fourth-order valence-corrected chi connectivity index (χ4v) is 1.43. The van der Waals surface area contributed by atoms with Crippen molar-refractivity contribution < 1.29 is 19.4 Å². The first-order valence-corrected chi connectivity index (χ1v) is 5.93. The highest BCUT2D eigenvalue weighted by molar-refractivity contribution is 5.69. The van der Waals surface area contributed by atoms with Gasteiger partial charge in [0.15, 0.2) is 0 Å². The maximum atomic E-state index is 11.4. The van der Waals surface area contributed by atoms with Crippen LogP contribution in [0.25, 0.3) is 0 Å². The summed E-state index contributed by atoms with van der Waals surface area (Å²) in [5, 5.41) is 11.1. The summed E-state index contributed by atoms with van der Waals surface area (Å²) in [7, 11) is 1.67. The van der Waals surface area contributed by atoms with Gasteiger partial charge in [-0.15, -0.1) is 0 Å². The molecule has 19 heavy (non-hydrogen) atoms. The topological polar surface area (TPSA) is 78.9 Å². The Morgan fingerprint density at radius 1 is 1.32 bits per heavy atom. The van der Waals surface area contributed by atoms with Gasteiger partial charge in [-0.3, -0.25) is 9.69 Å². The first-order valence-electron chi connectivity index (χ1n) is 5.93. The molecule has 6 heteroatoms. The predicted octanol–water partition coefficient (Wildman–Crippen LogP) is 0.929. The number of aliphatic carboxylic acids is 1. The molecule has 0 saturated heterocycles. The maximum absolute atomic E-state index is 11.4. The first kappa shape index (κ1) is 15.0. The van der Waals surface area contributed by atoms with Gasteiger partial charge in [0.1, 0.15) is 6.61 Å². The molecule has 0 aromatic heterocycles. The Hall–Kier alpha value is -2.08. The Kier molecular flexibility index (Phi) is 6.38. The maximum Gasteiger partial charge on any atom is 0.407 e. The van der Waals surface area contributed by atoms with Crippen molar-refractivity contribution in [3.05, 3.63) is 35.9 Å². The molecule has 0 spiro atoms. The monoisotopic (exact) mass is 266 g/mol. The number of carbonyl (C=O) groups excluding carboxylic acids is 1. The van der Waals surface area contributed by atoms with Crippen molar-refractivity contribution in [2.75, 3.05) is 26.7 Å². The van der Waals surface area contributed by atoms with Crippen molar-refractivity contribution in [2.45, 2.75) is 6.61 Å². The normalized spacial score (nSPS) is 10.2. The molecule has 0 atom stereocenters. The molecular weight excluding hydrogens is 248 g/mol. The lowest BCUT2D eigenvalue weighted by Crippen LogP contribution is -2.35. The molecule has 0 unspecified atom stereocenters. The summed E-state index contributed by atoms with van der Waals surface area (Å²) in [4.78, 5) is 23.4. The van der Waals surface area contributed by atoms with Gasteiger partial charge in [-0.2, -0.15) is 0 Å². The Morgan fingerprint density at radius 2 is 2.00 bits per heavy atom. The largest absolute Gasteiger partial charge is 0.480 e. The van der Waals surface area contributed by atoms with E-state index in [1.807, 2.05) is 30.3 Å². The van der Waals surface area contributed by atoms with Crippen molar-refractivity contribution in [1.82, 2.24) is 10.2 Å². The van der Waals surface area contributed by atoms with Crippen LogP contribution >= 0.6 is 0 Å².